The lowest BCUT2D eigenvalue weighted by molar-refractivity contribution is -0.137. The number of rotatable bonds is 10. The highest BCUT2D eigenvalue weighted by atomic mass is 19.4. The van der Waals surface area contributed by atoms with E-state index in [0.717, 1.165) is 19.9 Å². The molecule has 1 aromatic carbocycles. The van der Waals surface area contributed by atoms with Gasteiger partial charge in [0.15, 0.2) is 12.1 Å². The lowest BCUT2D eigenvalue weighted by atomic mass is 9.85. The molecule has 1 fully saturated rings. The minimum Gasteiger partial charge on any atom is -0.474 e. The van der Waals surface area contributed by atoms with Crippen LogP contribution in [-0.2, 0) is 12.7 Å². The van der Waals surface area contributed by atoms with Gasteiger partial charge in [-0.05, 0) is 64.0 Å². The Balaban J connectivity index is 0.00000282. The third-order valence-corrected chi connectivity index (χ3v) is 7.52. The van der Waals surface area contributed by atoms with Crippen molar-refractivity contribution < 1.29 is 36.3 Å². The van der Waals surface area contributed by atoms with Crippen molar-refractivity contribution in [2.75, 3.05) is 38.7 Å². The van der Waals surface area contributed by atoms with E-state index in [2.05, 4.69) is 26.3 Å². The van der Waals surface area contributed by atoms with Gasteiger partial charge >= 0.3 is 6.18 Å². The first kappa shape index (κ1) is 36.1. The summed E-state index contributed by atoms with van der Waals surface area (Å²) in [4.78, 5) is 34.0. The molecule has 3 aromatic rings. The smallest absolute Gasteiger partial charge is 0.417 e. The van der Waals surface area contributed by atoms with Crippen molar-refractivity contribution in [3.05, 3.63) is 64.0 Å². The Morgan fingerprint density at radius 1 is 1.24 bits per heavy atom. The highest BCUT2D eigenvalue weighted by Crippen LogP contribution is 2.44. The number of carbonyl (C=O) groups excluding carboxylic acids is 2. The van der Waals surface area contributed by atoms with Gasteiger partial charge in [-0.15, -0.1) is 0 Å². The number of carbonyl (C=O) groups is 2. The van der Waals surface area contributed by atoms with Gasteiger partial charge in [0.2, 0.25) is 5.88 Å². The number of hydrogen-bond acceptors (Lipinski definition) is 9. The SMILES string of the molecule is CN.Cc1c(F)c(N)cc(-c2nc(OC(C)CC3(C)CCN3)c(C=O)c(NCc3ccc(C(=O)N(C)C)nc3)c2F)c1C(F)(F)F. The van der Waals surface area contributed by atoms with Crippen LogP contribution in [0.2, 0.25) is 0 Å². The van der Waals surface area contributed by atoms with Gasteiger partial charge < -0.3 is 31.7 Å². The van der Waals surface area contributed by atoms with Crippen LogP contribution in [0.3, 0.4) is 0 Å². The van der Waals surface area contributed by atoms with E-state index in [9.17, 15) is 27.2 Å². The second kappa shape index (κ2) is 14.4. The van der Waals surface area contributed by atoms with Gasteiger partial charge in [-0.2, -0.15) is 13.2 Å². The molecule has 6 N–H and O–H groups in total. The third kappa shape index (κ3) is 7.70. The Labute approximate surface area is 263 Å². The average Bonchev–Trinajstić information content (AvgIpc) is 2.98. The standard InChI is InChI=1S/C30H33F5N6O3.CH5N/c1-15(11-29(3)8-9-39-29)44-27-19(14-42)25(38-13-17-6-7-21(37-12-17)28(43)41(4)5)24(32)26(40-27)18-10-20(36)23(31)16(2)22(18)30(33,34)35;1-2/h6-7,10,12,14-15,39H,8-9,11,13,36H2,1-5H3,(H,38,40);2H2,1H3. The molecule has 46 heavy (non-hydrogen) atoms. The molecule has 0 aliphatic carbocycles. The van der Waals surface area contributed by atoms with Crippen molar-refractivity contribution in [3.63, 3.8) is 0 Å². The lowest BCUT2D eigenvalue weighted by Gasteiger charge is -2.41. The van der Waals surface area contributed by atoms with E-state index in [4.69, 9.17) is 10.5 Å². The third-order valence-electron chi connectivity index (χ3n) is 7.52. The molecule has 2 aromatic heterocycles. The van der Waals surface area contributed by atoms with Crippen LogP contribution in [-0.4, -0.2) is 66.4 Å². The molecule has 0 radical (unpaired) electrons. The van der Waals surface area contributed by atoms with Gasteiger partial charge in [0.25, 0.3) is 5.91 Å². The molecule has 1 aliphatic heterocycles. The molecule has 1 amide bonds. The Bertz CT molecular complexity index is 1580. The number of nitrogens with two attached hydrogens (primary N) is 2. The number of ether oxygens (including phenoxy) is 1. The van der Waals surface area contributed by atoms with Crippen molar-refractivity contribution in [1.29, 1.82) is 0 Å². The molecule has 10 nitrogen and oxygen atoms in total. The van der Waals surface area contributed by atoms with Crippen molar-refractivity contribution in [2.24, 2.45) is 5.73 Å². The molecule has 3 heterocycles. The van der Waals surface area contributed by atoms with Crippen molar-refractivity contribution in [3.8, 4) is 17.1 Å². The number of anilines is 2. The van der Waals surface area contributed by atoms with Crippen LogP contribution in [0.4, 0.5) is 33.3 Å². The van der Waals surface area contributed by atoms with Gasteiger partial charge in [0.1, 0.15) is 22.8 Å². The second-order valence-corrected chi connectivity index (χ2v) is 11.3. The molecule has 2 atom stereocenters. The van der Waals surface area contributed by atoms with Gasteiger partial charge in [-0.25, -0.2) is 13.8 Å². The molecule has 250 valence electrons. The van der Waals surface area contributed by atoms with Crippen LogP contribution in [0.5, 0.6) is 5.88 Å². The monoisotopic (exact) mass is 651 g/mol. The zero-order chi connectivity index (χ0) is 34.6. The molecule has 1 aliphatic rings. The van der Waals surface area contributed by atoms with Crippen LogP contribution in [0, 0.1) is 18.6 Å². The molecule has 0 saturated carbocycles. The summed E-state index contributed by atoms with van der Waals surface area (Å²) < 4.78 is 79.4. The van der Waals surface area contributed by atoms with Crippen molar-refractivity contribution in [2.45, 2.75) is 58.0 Å². The topological polar surface area (TPSA) is 148 Å². The molecule has 1 saturated heterocycles. The van der Waals surface area contributed by atoms with Crippen molar-refractivity contribution in [1.82, 2.24) is 20.2 Å². The number of aldehydes is 1. The summed E-state index contributed by atoms with van der Waals surface area (Å²) in [6.07, 6.45) is -2.72. The highest BCUT2D eigenvalue weighted by Gasteiger charge is 2.39. The zero-order valence-electron chi connectivity index (χ0n) is 26.4. The fraction of sp³-hybridized carbons (Fsp3) is 0.419. The number of benzene rings is 1. The normalized spacial score (nSPS) is 16.4. The largest absolute Gasteiger partial charge is 0.474 e. The van der Waals surface area contributed by atoms with Crippen LogP contribution in [0.15, 0.2) is 24.4 Å². The number of nitrogens with zero attached hydrogens (tertiary/aromatic N) is 3. The van der Waals surface area contributed by atoms with Crippen LogP contribution in [0.1, 0.15) is 64.2 Å². The Kier molecular flexibility index (Phi) is 11.3. The van der Waals surface area contributed by atoms with E-state index in [-0.39, 0.29) is 29.2 Å². The van der Waals surface area contributed by atoms with E-state index in [1.807, 2.05) is 6.92 Å². The molecule has 2 unspecified atom stereocenters. The molecule has 15 heteroatoms. The summed E-state index contributed by atoms with van der Waals surface area (Å²) in [6, 6.07) is 3.67. The van der Waals surface area contributed by atoms with Crippen LogP contribution in [0.25, 0.3) is 11.3 Å². The van der Waals surface area contributed by atoms with E-state index < -0.39 is 63.6 Å². The van der Waals surface area contributed by atoms with Crippen LogP contribution < -0.4 is 26.8 Å². The maximum absolute atomic E-state index is 16.2. The molecule has 0 bridgehead atoms. The quantitative estimate of drug-likeness (QED) is 0.136. The first-order valence-electron chi connectivity index (χ1n) is 14.3. The summed E-state index contributed by atoms with van der Waals surface area (Å²) >= 11 is 0. The van der Waals surface area contributed by atoms with Gasteiger partial charge in [-0.3, -0.25) is 14.6 Å². The second-order valence-electron chi connectivity index (χ2n) is 11.3. The number of alkyl halides is 3. The molecule has 4 rings (SSSR count). The highest BCUT2D eigenvalue weighted by molar-refractivity contribution is 5.92. The molecular weight excluding hydrogens is 613 g/mol. The fourth-order valence-electron chi connectivity index (χ4n) is 5.14. The maximum atomic E-state index is 16.2. The number of amides is 1. The van der Waals surface area contributed by atoms with Crippen LogP contribution >= 0.6 is 0 Å². The lowest BCUT2D eigenvalue weighted by Crippen LogP contribution is -2.56. The zero-order valence-corrected chi connectivity index (χ0v) is 26.4. The first-order chi connectivity index (χ1) is 21.6. The van der Waals surface area contributed by atoms with Gasteiger partial charge in [0, 0.05) is 44.4 Å². The predicted octanol–water partition coefficient (Wildman–Crippen LogP) is 4.94. The fourth-order valence-corrected chi connectivity index (χ4v) is 5.14. The van der Waals surface area contributed by atoms with Gasteiger partial charge in [-0.1, -0.05) is 6.07 Å². The number of nitrogens with one attached hydrogen (secondary N) is 2. The maximum Gasteiger partial charge on any atom is 0.417 e. The van der Waals surface area contributed by atoms with E-state index in [1.54, 1.807) is 27.1 Å². The minimum atomic E-state index is -5.10. The van der Waals surface area contributed by atoms with E-state index in [0.29, 0.717) is 24.3 Å². The number of halogens is 5. The Hall–Kier alpha value is -4.37. The first-order valence-corrected chi connectivity index (χ1v) is 14.3. The summed E-state index contributed by atoms with van der Waals surface area (Å²) in [5.41, 5.74) is 5.11. The Morgan fingerprint density at radius 2 is 1.89 bits per heavy atom. The molecule has 0 spiro atoms. The summed E-state index contributed by atoms with van der Waals surface area (Å²) in [7, 11) is 4.63. The minimum absolute atomic E-state index is 0.141. The summed E-state index contributed by atoms with van der Waals surface area (Å²) in [5.74, 6) is -3.34. The number of pyridine rings is 2. The van der Waals surface area contributed by atoms with E-state index in [1.165, 1.54) is 24.2 Å². The number of hydrogen-bond donors (Lipinski definition) is 4. The predicted molar refractivity (Wildman–Crippen MR) is 165 cm³/mol. The summed E-state index contributed by atoms with van der Waals surface area (Å²) in [5, 5.41) is 6.03. The van der Waals surface area contributed by atoms with Crippen molar-refractivity contribution >= 4 is 23.6 Å². The summed E-state index contributed by atoms with van der Waals surface area (Å²) in [6.45, 7) is 5.22. The molecular formula is C31H38F5N7O3. The Morgan fingerprint density at radius 3 is 2.39 bits per heavy atom. The van der Waals surface area contributed by atoms with Gasteiger partial charge in [0.05, 0.1) is 23.0 Å². The van der Waals surface area contributed by atoms with E-state index >= 15 is 4.39 Å². The average molecular weight is 652 g/mol. The number of nitrogen functional groups attached to an aromatic ring is 1. The number of aromatic nitrogens is 2.